The van der Waals surface area contributed by atoms with Crippen LogP contribution in [0.4, 0.5) is 0 Å². The van der Waals surface area contributed by atoms with Crippen molar-refractivity contribution in [2.24, 2.45) is 17.8 Å². The summed E-state index contributed by atoms with van der Waals surface area (Å²) in [5, 5.41) is 0. The summed E-state index contributed by atoms with van der Waals surface area (Å²) in [5.74, 6) is 3.29. The molecular formula is C21H40. The van der Waals surface area contributed by atoms with E-state index in [1.807, 2.05) is 0 Å². The van der Waals surface area contributed by atoms with Crippen molar-refractivity contribution in [1.82, 2.24) is 0 Å². The Morgan fingerprint density at radius 1 is 0.524 bits per heavy atom. The molecule has 0 aromatic heterocycles. The standard InChI is InChI=1S/C21H40/c1-2-3-5-10-20-15-17-21(18-16-20)14-9-8-13-19-11-6-4-7-12-19/h19-21H,2-18H2,1H3. The van der Waals surface area contributed by atoms with Gasteiger partial charge in [-0.2, -0.15) is 0 Å². The third-order valence-electron chi connectivity index (χ3n) is 6.38. The van der Waals surface area contributed by atoms with Gasteiger partial charge in [-0.25, -0.2) is 0 Å². The molecule has 0 nitrogen and oxygen atoms in total. The molecule has 0 radical (unpaired) electrons. The van der Waals surface area contributed by atoms with Crippen LogP contribution in [-0.4, -0.2) is 0 Å². The van der Waals surface area contributed by atoms with Crippen LogP contribution in [0.15, 0.2) is 0 Å². The molecule has 0 spiro atoms. The lowest BCUT2D eigenvalue weighted by Crippen LogP contribution is -2.14. The molecule has 0 atom stereocenters. The first-order valence-corrected chi connectivity index (χ1v) is 10.4. The van der Waals surface area contributed by atoms with Crippen LogP contribution in [0.25, 0.3) is 0 Å². The lowest BCUT2D eigenvalue weighted by atomic mass is 9.77. The maximum absolute atomic E-state index is 2.32. The molecule has 2 saturated carbocycles. The molecule has 0 unspecified atom stereocenters. The van der Waals surface area contributed by atoms with Crippen molar-refractivity contribution in [2.45, 2.75) is 116 Å². The van der Waals surface area contributed by atoms with Gasteiger partial charge in [0.1, 0.15) is 0 Å². The highest BCUT2D eigenvalue weighted by Crippen LogP contribution is 2.35. The zero-order valence-electron chi connectivity index (χ0n) is 14.8. The second-order valence-corrected chi connectivity index (χ2v) is 8.17. The molecule has 0 heteroatoms. The first kappa shape index (κ1) is 17.4. The molecule has 21 heavy (non-hydrogen) atoms. The summed E-state index contributed by atoms with van der Waals surface area (Å²) < 4.78 is 0. The Morgan fingerprint density at radius 2 is 0.952 bits per heavy atom. The number of unbranched alkanes of at least 4 members (excludes halogenated alkanes) is 3. The summed E-state index contributed by atoms with van der Waals surface area (Å²) in [5.41, 5.74) is 0. The summed E-state index contributed by atoms with van der Waals surface area (Å²) in [4.78, 5) is 0. The lowest BCUT2D eigenvalue weighted by molar-refractivity contribution is 0.241. The van der Waals surface area contributed by atoms with Gasteiger partial charge >= 0.3 is 0 Å². The molecule has 124 valence electrons. The third kappa shape index (κ3) is 7.20. The topological polar surface area (TPSA) is 0 Å². The molecule has 0 amide bonds. The minimum absolute atomic E-state index is 1.09. The fourth-order valence-electron chi connectivity index (χ4n) is 4.83. The second-order valence-electron chi connectivity index (χ2n) is 8.17. The van der Waals surface area contributed by atoms with Crippen molar-refractivity contribution in [3.05, 3.63) is 0 Å². The van der Waals surface area contributed by atoms with Gasteiger partial charge in [0.25, 0.3) is 0 Å². The van der Waals surface area contributed by atoms with E-state index in [0.717, 1.165) is 17.8 Å². The van der Waals surface area contributed by atoms with Gasteiger partial charge in [0.15, 0.2) is 0 Å². The van der Waals surface area contributed by atoms with Crippen LogP contribution in [0, 0.1) is 17.8 Å². The molecule has 2 aliphatic rings. The first-order chi connectivity index (χ1) is 10.4. The number of rotatable bonds is 9. The van der Waals surface area contributed by atoms with E-state index < -0.39 is 0 Å². The van der Waals surface area contributed by atoms with Gasteiger partial charge in [0, 0.05) is 0 Å². The highest BCUT2D eigenvalue weighted by molar-refractivity contribution is 4.73. The number of hydrogen-bond acceptors (Lipinski definition) is 0. The van der Waals surface area contributed by atoms with Crippen LogP contribution >= 0.6 is 0 Å². The van der Waals surface area contributed by atoms with Crippen molar-refractivity contribution < 1.29 is 0 Å². The normalized spacial score (nSPS) is 27.9. The lowest BCUT2D eigenvalue weighted by Gasteiger charge is -2.29. The number of hydrogen-bond donors (Lipinski definition) is 0. The monoisotopic (exact) mass is 292 g/mol. The van der Waals surface area contributed by atoms with Gasteiger partial charge in [-0.3, -0.25) is 0 Å². The van der Waals surface area contributed by atoms with E-state index in [0.29, 0.717) is 0 Å². The van der Waals surface area contributed by atoms with Crippen LogP contribution < -0.4 is 0 Å². The molecule has 2 aliphatic carbocycles. The minimum atomic E-state index is 1.09. The first-order valence-electron chi connectivity index (χ1n) is 10.4. The highest BCUT2D eigenvalue weighted by Gasteiger charge is 2.20. The zero-order valence-corrected chi connectivity index (χ0v) is 14.8. The van der Waals surface area contributed by atoms with E-state index in [1.165, 1.54) is 57.8 Å². The zero-order chi connectivity index (χ0) is 14.8. The summed E-state index contributed by atoms with van der Waals surface area (Å²) in [6.07, 6.45) is 25.9. The third-order valence-corrected chi connectivity index (χ3v) is 6.38. The second kappa shape index (κ2) is 10.7. The fraction of sp³-hybridized carbons (Fsp3) is 1.00. The quantitative estimate of drug-likeness (QED) is 0.386. The molecule has 0 heterocycles. The van der Waals surface area contributed by atoms with Crippen molar-refractivity contribution >= 4 is 0 Å². The Morgan fingerprint density at radius 3 is 1.43 bits per heavy atom. The largest absolute Gasteiger partial charge is 0.0654 e. The van der Waals surface area contributed by atoms with Crippen LogP contribution in [0.1, 0.15) is 116 Å². The SMILES string of the molecule is CCCCCC1CCC(CCCCC2CCCCC2)CC1. The summed E-state index contributed by atoms with van der Waals surface area (Å²) >= 11 is 0. The van der Waals surface area contributed by atoms with Gasteiger partial charge in [0.2, 0.25) is 0 Å². The molecule has 0 aliphatic heterocycles. The van der Waals surface area contributed by atoms with Gasteiger partial charge in [-0.1, -0.05) is 116 Å². The van der Waals surface area contributed by atoms with Crippen LogP contribution in [0.5, 0.6) is 0 Å². The van der Waals surface area contributed by atoms with Crippen molar-refractivity contribution in [2.75, 3.05) is 0 Å². The molecule has 0 bridgehead atoms. The van der Waals surface area contributed by atoms with E-state index in [4.69, 9.17) is 0 Å². The van der Waals surface area contributed by atoms with Crippen molar-refractivity contribution in [3.63, 3.8) is 0 Å². The molecule has 0 aromatic rings. The Bertz CT molecular complexity index is 230. The molecule has 2 rings (SSSR count). The van der Waals surface area contributed by atoms with E-state index >= 15 is 0 Å². The summed E-state index contributed by atoms with van der Waals surface area (Å²) in [6, 6.07) is 0. The van der Waals surface area contributed by atoms with Crippen molar-refractivity contribution in [1.29, 1.82) is 0 Å². The molecular weight excluding hydrogens is 252 g/mol. The summed E-state index contributed by atoms with van der Waals surface area (Å²) in [7, 11) is 0. The van der Waals surface area contributed by atoms with Gasteiger partial charge in [0.05, 0.1) is 0 Å². The molecule has 2 fully saturated rings. The van der Waals surface area contributed by atoms with Crippen LogP contribution in [-0.2, 0) is 0 Å². The molecule has 0 aromatic carbocycles. The van der Waals surface area contributed by atoms with E-state index in [-0.39, 0.29) is 0 Å². The predicted octanol–water partition coefficient (Wildman–Crippen LogP) is 7.51. The van der Waals surface area contributed by atoms with Gasteiger partial charge < -0.3 is 0 Å². The Hall–Kier alpha value is 0. The van der Waals surface area contributed by atoms with Crippen LogP contribution in [0.2, 0.25) is 0 Å². The van der Waals surface area contributed by atoms with Gasteiger partial charge in [-0.05, 0) is 17.8 Å². The Kier molecular flexibility index (Phi) is 8.83. The minimum Gasteiger partial charge on any atom is -0.0654 e. The fourth-order valence-corrected chi connectivity index (χ4v) is 4.83. The Balaban J connectivity index is 1.45. The van der Waals surface area contributed by atoms with Crippen molar-refractivity contribution in [3.8, 4) is 0 Å². The van der Waals surface area contributed by atoms with E-state index in [1.54, 1.807) is 51.4 Å². The maximum atomic E-state index is 2.32. The average molecular weight is 293 g/mol. The summed E-state index contributed by atoms with van der Waals surface area (Å²) in [6.45, 7) is 2.32. The average Bonchev–Trinajstić information content (AvgIpc) is 2.54. The maximum Gasteiger partial charge on any atom is -0.0414 e. The molecule has 0 N–H and O–H groups in total. The van der Waals surface area contributed by atoms with E-state index in [9.17, 15) is 0 Å². The van der Waals surface area contributed by atoms with E-state index in [2.05, 4.69) is 6.92 Å². The Labute approximate surface area is 134 Å². The molecule has 0 saturated heterocycles. The van der Waals surface area contributed by atoms with Gasteiger partial charge in [-0.15, -0.1) is 0 Å². The highest BCUT2D eigenvalue weighted by atomic mass is 14.3. The predicted molar refractivity (Wildman–Crippen MR) is 94.6 cm³/mol. The van der Waals surface area contributed by atoms with Crippen LogP contribution in [0.3, 0.4) is 0 Å². The smallest absolute Gasteiger partial charge is 0.0414 e.